The second kappa shape index (κ2) is 6.52. The summed E-state index contributed by atoms with van der Waals surface area (Å²) in [5, 5.41) is 0. The smallest absolute Gasteiger partial charge is 0.255 e. The van der Waals surface area contributed by atoms with Gasteiger partial charge in [-0.15, -0.1) is 0 Å². The lowest BCUT2D eigenvalue weighted by Gasteiger charge is -2.12. The summed E-state index contributed by atoms with van der Waals surface area (Å²) in [4.78, 5) is 16.9. The maximum absolute atomic E-state index is 12.2. The van der Waals surface area contributed by atoms with Crippen LogP contribution in [0.3, 0.4) is 0 Å². The summed E-state index contributed by atoms with van der Waals surface area (Å²) >= 11 is 0. The molecule has 5 nitrogen and oxygen atoms in total. The van der Waals surface area contributed by atoms with Crippen LogP contribution in [0, 0.1) is 13.8 Å². The van der Waals surface area contributed by atoms with Crippen molar-refractivity contribution >= 4 is 5.65 Å². The largest absolute Gasteiger partial charge is 0.485 e. The number of hydrogen-bond acceptors (Lipinski definition) is 3. The molecule has 0 aliphatic rings. The summed E-state index contributed by atoms with van der Waals surface area (Å²) in [6.45, 7) is 4.42. The minimum Gasteiger partial charge on any atom is -0.485 e. The van der Waals surface area contributed by atoms with Crippen LogP contribution < -0.4 is 10.3 Å². The van der Waals surface area contributed by atoms with Gasteiger partial charge in [0.2, 0.25) is 0 Å². The van der Waals surface area contributed by atoms with Crippen LogP contribution in [0.15, 0.2) is 71.8 Å². The molecule has 3 heterocycles. The van der Waals surface area contributed by atoms with E-state index < -0.39 is 0 Å². The van der Waals surface area contributed by atoms with Gasteiger partial charge in [0.05, 0.1) is 11.4 Å². The fourth-order valence-electron chi connectivity index (χ4n) is 2.94. The highest BCUT2D eigenvalue weighted by molar-refractivity contribution is 5.60. The molecule has 3 aromatic heterocycles. The van der Waals surface area contributed by atoms with E-state index in [1.54, 1.807) is 22.9 Å². The first-order valence-electron chi connectivity index (χ1n) is 8.47. The van der Waals surface area contributed by atoms with Crippen LogP contribution in [0.1, 0.15) is 17.0 Å². The van der Waals surface area contributed by atoms with Crippen molar-refractivity contribution < 1.29 is 4.74 Å². The second-order valence-electron chi connectivity index (χ2n) is 6.22. The Bertz CT molecular complexity index is 1130. The number of hydrogen-bond donors (Lipinski definition) is 0. The molecule has 4 rings (SSSR count). The number of aromatic nitrogens is 3. The van der Waals surface area contributed by atoms with E-state index in [0.29, 0.717) is 12.4 Å². The molecule has 0 bridgehead atoms. The number of benzene rings is 1. The van der Waals surface area contributed by atoms with Crippen molar-refractivity contribution in [1.29, 1.82) is 0 Å². The van der Waals surface area contributed by atoms with Crippen LogP contribution in [-0.2, 0) is 6.61 Å². The van der Waals surface area contributed by atoms with Crippen molar-refractivity contribution in [2.45, 2.75) is 20.5 Å². The fraction of sp³-hybridized carbons (Fsp3) is 0.143. The van der Waals surface area contributed by atoms with E-state index in [2.05, 4.69) is 4.98 Å². The second-order valence-corrected chi connectivity index (χ2v) is 6.22. The predicted molar refractivity (Wildman–Crippen MR) is 101 cm³/mol. The molecule has 0 saturated carbocycles. The minimum atomic E-state index is -0.0876. The van der Waals surface area contributed by atoms with E-state index in [4.69, 9.17) is 4.74 Å². The van der Waals surface area contributed by atoms with Crippen LogP contribution >= 0.6 is 0 Å². The van der Waals surface area contributed by atoms with Gasteiger partial charge in [0.25, 0.3) is 5.56 Å². The van der Waals surface area contributed by atoms with E-state index in [-0.39, 0.29) is 5.56 Å². The molecule has 0 atom stereocenters. The Morgan fingerprint density at radius 1 is 1.04 bits per heavy atom. The third kappa shape index (κ3) is 2.88. The van der Waals surface area contributed by atoms with Gasteiger partial charge in [0, 0.05) is 30.2 Å². The van der Waals surface area contributed by atoms with Gasteiger partial charge in [-0.3, -0.25) is 13.8 Å². The van der Waals surface area contributed by atoms with Crippen molar-refractivity contribution in [2.24, 2.45) is 0 Å². The number of pyridine rings is 2. The molecule has 0 amide bonds. The van der Waals surface area contributed by atoms with Gasteiger partial charge in [-0.1, -0.05) is 36.4 Å². The van der Waals surface area contributed by atoms with Gasteiger partial charge >= 0.3 is 0 Å². The Labute approximate surface area is 151 Å². The Balaban J connectivity index is 1.83. The van der Waals surface area contributed by atoms with Crippen molar-refractivity contribution in [3.05, 3.63) is 94.3 Å². The number of ether oxygens (including phenoxy) is 1. The van der Waals surface area contributed by atoms with Crippen LogP contribution in [0.4, 0.5) is 0 Å². The first-order valence-corrected chi connectivity index (χ1v) is 8.47. The third-order valence-corrected chi connectivity index (χ3v) is 4.49. The molecule has 130 valence electrons. The zero-order chi connectivity index (χ0) is 18.1. The van der Waals surface area contributed by atoms with E-state index in [9.17, 15) is 4.79 Å². The van der Waals surface area contributed by atoms with Crippen LogP contribution in [-0.4, -0.2) is 14.0 Å². The standard InChI is InChI=1S/C21H19N3O2/c1-15-16(2)24-13-18(23-11-7-6-10-20(23)25)12-19(21(24)22-15)26-14-17-8-4-3-5-9-17/h3-13H,14H2,1-2H3. The van der Waals surface area contributed by atoms with Crippen molar-refractivity contribution in [2.75, 3.05) is 0 Å². The molecule has 0 N–H and O–H groups in total. The van der Waals surface area contributed by atoms with E-state index in [1.165, 1.54) is 0 Å². The van der Waals surface area contributed by atoms with Crippen LogP contribution in [0.5, 0.6) is 5.75 Å². The summed E-state index contributed by atoms with van der Waals surface area (Å²) in [5.41, 5.74) is 4.45. The Morgan fingerprint density at radius 2 is 1.81 bits per heavy atom. The van der Waals surface area contributed by atoms with Gasteiger partial charge in [0.15, 0.2) is 11.4 Å². The third-order valence-electron chi connectivity index (χ3n) is 4.49. The van der Waals surface area contributed by atoms with Crippen LogP contribution in [0.2, 0.25) is 0 Å². The maximum Gasteiger partial charge on any atom is 0.255 e. The van der Waals surface area contributed by atoms with Gasteiger partial charge in [-0.05, 0) is 25.5 Å². The van der Waals surface area contributed by atoms with Gasteiger partial charge in [0.1, 0.15) is 6.61 Å². The molecule has 5 heteroatoms. The molecular weight excluding hydrogens is 326 g/mol. The lowest BCUT2D eigenvalue weighted by Crippen LogP contribution is -2.16. The lowest BCUT2D eigenvalue weighted by molar-refractivity contribution is 0.308. The fourth-order valence-corrected chi connectivity index (χ4v) is 2.94. The van der Waals surface area contributed by atoms with E-state index >= 15 is 0 Å². The number of nitrogens with zero attached hydrogens (tertiary/aromatic N) is 3. The van der Waals surface area contributed by atoms with E-state index in [0.717, 1.165) is 28.3 Å². The molecule has 4 aromatic rings. The minimum absolute atomic E-state index is 0.0876. The Kier molecular flexibility index (Phi) is 4.05. The summed E-state index contributed by atoms with van der Waals surface area (Å²) in [7, 11) is 0. The Hall–Kier alpha value is -3.34. The van der Waals surface area contributed by atoms with Crippen molar-refractivity contribution in [3.63, 3.8) is 0 Å². The first kappa shape index (κ1) is 16.1. The number of rotatable bonds is 4. The number of aryl methyl sites for hydroxylation is 2. The summed E-state index contributed by atoms with van der Waals surface area (Å²) in [6, 6.07) is 17.0. The van der Waals surface area contributed by atoms with Gasteiger partial charge < -0.3 is 4.74 Å². The normalized spacial score (nSPS) is 11.0. The molecule has 0 saturated heterocycles. The Morgan fingerprint density at radius 3 is 2.58 bits per heavy atom. The molecule has 0 aliphatic carbocycles. The zero-order valence-electron chi connectivity index (χ0n) is 14.7. The maximum atomic E-state index is 12.2. The monoisotopic (exact) mass is 345 g/mol. The molecular formula is C21H19N3O2. The summed E-state index contributed by atoms with van der Waals surface area (Å²) < 4.78 is 9.65. The molecule has 0 fully saturated rings. The number of fused-ring (bicyclic) bond motifs is 1. The van der Waals surface area contributed by atoms with Gasteiger partial charge in [-0.2, -0.15) is 0 Å². The highest BCUT2D eigenvalue weighted by Gasteiger charge is 2.13. The highest BCUT2D eigenvalue weighted by atomic mass is 16.5. The van der Waals surface area contributed by atoms with Crippen molar-refractivity contribution in [1.82, 2.24) is 14.0 Å². The van der Waals surface area contributed by atoms with Gasteiger partial charge in [-0.25, -0.2) is 4.98 Å². The lowest BCUT2D eigenvalue weighted by atomic mass is 10.2. The van der Waals surface area contributed by atoms with Crippen LogP contribution in [0.25, 0.3) is 11.3 Å². The summed E-state index contributed by atoms with van der Waals surface area (Å²) in [5.74, 6) is 0.651. The molecule has 26 heavy (non-hydrogen) atoms. The zero-order valence-corrected chi connectivity index (χ0v) is 14.7. The predicted octanol–water partition coefficient (Wildman–Crippen LogP) is 3.68. The first-order chi connectivity index (χ1) is 12.6. The molecule has 0 unspecified atom stereocenters. The quantitative estimate of drug-likeness (QED) is 0.567. The topological polar surface area (TPSA) is 48.5 Å². The molecule has 0 spiro atoms. The average molecular weight is 345 g/mol. The van der Waals surface area contributed by atoms with Crippen molar-refractivity contribution in [3.8, 4) is 11.4 Å². The highest BCUT2D eigenvalue weighted by Crippen LogP contribution is 2.26. The summed E-state index contributed by atoms with van der Waals surface area (Å²) in [6.07, 6.45) is 3.67. The van der Waals surface area contributed by atoms with E-state index in [1.807, 2.05) is 66.9 Å². The molecule has 0 aliphatic heterocycles. The number of imidazole rings is 1. The molecule has 1 aromatic carbocycles. The SMILES string of the molecule is Cc1nc2c(OCc3ccccc3)cc(-n3ccccc3=O)cn2c1C. The molecule has 0 radical (unpaired) electrons. The average Bonchev–Trinajstić information content (AvgIpc) is 2.95.